The summed E-state index contributed by atoms with van der Waals surface area (Å²) < 4.78 is 0. The van der Waals surface area contributed by atoms with Crippen molar-refractivity contribution in [2.45, 2.75) is 45.2 Å². The number of carbonyl (C=O) groups is 5. The van der Waals surface area contributed by atoms with E-state index in [9.17, 15) is 24.0 Å². The van der Waals surface area contributed by atoms with Crippen LogP contribution >= 0.6 is 11.6 Å². The van der Waals surface area contributed by atoms with Gasteiger partial charge in [-0.2, -0.15) is 0 Å². The van der Waals surface area contributed by atoms with E-state index in [1.165, 1.54) is 6.08 Å². The molecule has 2 unspecified atom stereocenters. The Morgan fingerprint density at radius 2 is 1.94 bits per heavy atom. The second-order valence-electron chi connectivity index (χ2n) is 8.49. The van der Waals surface area contributed by atoms with Crippen molar-refractivity contribution in [3.8, 4) is 0 Å². The first-order valence-electron chi connectivity index (χ1n) is 11.4. The number of halogens is 1. The molecule has 0 aliphatic carbocycles. The van der Waals surface area contributed by atoms with Gasteiger partial charge in [0.1, 0.15) is 6.04 Å². The number of carbonyl (C=O) groups excluding carboxylic acids is 5. The fourth-order valence-corrected chi connectivity index (χ4v) is 4.06. The number of nitrogens with zero attached hydrogens (tertiary/aromatic N) is 1. The van der Waals surface area contributed by atoms with Gasteiger partial charge < -0.3 is 10.6 Å². The monoisotopic (exact) mass is 510 g/mol. The third kappa shape index (κ3) is 7.26. The highest BCUT2D eigenvalue weighted by Gasteiger charge is 2.33. The smallest absolute Gasteiger partial charge is 0.255 e. The van der Waals surface area contributed by atoms with Crippen LogP contribution in [0.1, 0.15) is 43.9 Å². The third-order valence-electron chi connectivity index (χ3n) is 5.61. The van der Waals surface area contributed by atoms with E-state index < -0.39 is 23.8 Å². The summed E-state index contributed by atoms with van der Waals surface area (Å²) >= 11 is 5.98. The molecule has 36 heavy (non-hydrogen) atoms. The molecule has 1 heterocycles. The number of hydrogen-bond acceptors (Lipinski definition) is 6. The molecule has 0 aromatic heterocycles. The van der Waals surface area contributed by atoms with E-state index >= 15 is 0 Å². The standard InChI is InChI=1S/C26H27ClN4O5/c1-16(11-25(35)31(15-32)22-9-10-23(33)30-26(22)36)28-21-8-4-6-19(14-21)17(2)29-24(34)13-18-5-3-7-20(27)12-18/h3-8,11-12,14-15,17,22,28H,9-10,13H2,1-2H3,(H,29,34)(H,30,33,36)/b16-11+. The van der Waals surface area contributed by atoms with Crippen molar-refractivity contribution in [3.63, 3.8) is 0 Å². The number of allylic oxidation sites excluding steroid dienone is 1. The molecule has 2 aromatic rings. The molecule has 188 valence electrons. The van der Waals surface area contributed by atoms with Crippen molar-refractivity contribution < 1.29 is 24.0 Å². The molecule has 5 amide bonds. The van der Waals surface area contributed by atoms with Crippen molar-refractivity contribution in [3.05, 3.63) is 76.5 Å². The van der Waals surface area contributed by atoms with Gasteiger partial charge in [-0.25, -0.2) is 0 Å². The van der Waals surface area contributed by atoms with Crippen molar-refractivity contribution in [2.24, 2.45) is 0 Å². The zero-order valence-corrected chi connectivity index (χ0v) is 20.7. The Bertz CT molecular complexity index is 1210. The highest BCUT2D eigenvalue weighted by Crippen LogP contribution is 2.20. The molecule has 1 saturated heterocycles. The number of nitrogens with one attached hydrogen (secondary N) is 3. The minimum Gasteiger partial charge on any atom is -0.359 e. The van der Waals surface area contributed by atoms with Gasteiger partial charge in [-0.05, 0) is 55.7 Å². The average molecular weight is 511 g/mol. The molecular weight excluding hydrogens is 484 g/mol. The predicted octanol–water partition coefficient (Wildman–Crippen LogP) is 2.87. The number of rotatable bonds is 9. The minimum absolute atomic E-state index is 0.0512. The van der Waals surface area contributed by atoms with E-state index in [-0.39, 0.29) is 31.2 Å². The molecule has 0 spiro atoms. The quantitative estimate of drug-likeness (QED) is 0.271. The third-order valence-corrected chi connectivity index (χ3v) is 5.85. The van der Waals surface area contributed by atoms with Gasteiger partial charge in [0, 0.05) is 28.9 Å². The van der Waals surface area contributed by atoms with Gasteiger partial charge in [0.25, 0.3) is 5.91 Å². The maximum Gasteiger partial charge on any atom is 0.255 e. The number of benzene rings is 2. The summed E-state index contributed by atoms with van der Waals surface area (Å²) in [5.74, 6) is -1.93. The second kappa shape index (κ2) is 12.1. The molecule has 3 rings (SSSR count). The van der Waals surface area contributed by atoms with Gasteiger partial charge in [0.05, 0.1) is 12.5 Å². The summed E-state index contributed by atoms with van der Waals surface area (Å²) in [6.07, 6.45) is 1.84. The molecule has 0 saturated carbocycles. The largest absolute Gasteiger partial charge is 0.359 e. The Balaban J connectivity index is 1.62. The van der Waals surface area contributed by atoms with Crippen molar-refractivity contribution in [1.29, 1.82) is 0 Å². The van der Waals surface area contributed by atoms with E-state index in [0.717, 1.165) is 16.0 Å². The number of imide groups is 2. The molecule has 0 radical (unpaired) electrons. The summed E-state index contributed by atoms with van der Waals surface area (Å²) in [6, 6.07) is 13.1. The highest BCUT2D eigenvalue weighted by molar-refractivity contribution is 6.30. The van der Waals surface area contributed by atoms with Crippen LogP contribution < -0.4 is 16.0 Å². The van der Waals surface area contributed by atoms with Crippen LogP contribution in [-0.2, 0) is 30.4 Å². The van der Waals surface area contributed by atoms with Gasteiger partial charge >= 0.3 is 0 Å². The summed E-state index contributed by atoms with van der Waals surface area (Å²) in [5, 5.41) is 8.75. The van der Waals surface area contributed by atoms with Crippen molar-refractivity contribution in [1.82, 2.24) is 15.5 Å². The zero-order valence-electron chi connectivity index (χ0n) is 19.9. The lowest BCUT2D eigenvalue weighted by molar-refractivity contribution is -0.148. The fraction of sp³-hybridized carbons (Fsp3) is 0.269. The number of piperidine rings is 1. The van der Waals surface area contributed by atoms with E-state index in [0.29, 0.717) is 22.8 Å². The summed E-state index contributed by atoms with van der Waals surface area (Å²) in [7, 11) is 0. The van der Waals surface area contributed by atoms with Crippen LogP contribution in [0, 0.1) is 0 Å². The molecule has 10 heteroatoms. The van der Waals surface area contributed by atoms with Crippen LogP contribution in [0.3, 0.4) is 0 Å². The van der Waals surface area contributed by atoms with Crippen molar-refractivity contribution in [2.75, 3.05) is 5.32 Å². The predicted molar refractivity (Wildman–Crippen MR) is 135 cm³/mol. The van der Waals surface area contributed by atoms with Gasteiger partial charge in [0.15, 0.2) is 0 Å². The molecule has 2 atom stereocenters. The first kappa shape index (κ1) is 26.6. The number of hydrogen-bond donors (Lipinski definition) is 3. The average Bonchev–Trinajstić information content (AvgIpc) is 2.81. The van der Waals surface area contributed by atoms with E-state index in [1.807, 2.05) is 31.2 Å². The number of anilines is 1. The van der Waals surface area contributed by atoms with Crippen LogP contribution in [0.25, 0.3) is 0 Å². The molecule has 1 aliphatic heterocycles. The van der Waals surface area contributed by atoms with Gasteiger partial charge in [-0.3, -0.25) is 34.2 Å². The second-order valence-corrected chi connectivity index (χ2v) is 8.93. The lowest BCUT2D eigenvalue weighted by Gasteiger charge is -2.27. The molecule has 9 nitrogen and oxygen atoms in total. The minimum atomic E-state index is -1.03. The van der Waals surface area contributed by atoms with Crippen molar-refractivity contribution >= 4 is 47.3 Å². The fourth-order valence-electron chi connectivity index (χ4n) is 3.84. The van der Waals surface area contributed by atoms with Crippen LogP contribution in [0.2, 0.25) is 5.02 Å². The maximum absolute atomic E-state index is 12.6. The lowest BCUT2D eigenvalue weighted by atomic mass is 10.0. The molecule has 0 bridgehead atoms. The molecule has 2 aromatic carbocycles. The summed E-state index contributed by atoms with van der Waals surface area (Å²) in [4.78, 5) is 60.7. The first-order chi connectivity index (χ1) is 17.2. The SMILES string of the molecule is C/C(=C\C(=O)N(C=O)C1CCC(=O)NC1=O)Nc1cccc(C(C)NC(=O)Cc2cccc(Cl)c2)c1. The molecule has 1 aliphatic rings. The van der Waals surface area contributed by atoms with Crippen LogP contribution in [-0.4, -0.2) is 41.0 Å². The van der Waals surface area contributed by atoms with Gasteiger partial charge in [0.2, 0.25) is 24.1 Å². The lowest BCUT2D eigenvalue weighted by Crippen LogP contribution is -2.53. The Morgan fingerprint density at radius 3 is 2.64 bits per heavy atom. The Morgan fingerprint density at radius 1 is 1.19 bits per heavy atom. The maximum atomic E-state index is 12.6. The van der Waals surface area contributed by atoms with E-state index in [4.69, 9.17) is 11.6 Å². The normalized spacial score (nSPS) is 16.5. The van der Waals surface area contributed by atoms with Crippen LogP contribution in [0.5, 0.6) is 0 Å². The van der Waals surface area contributed by atoms with E-state index in [1.54, 1.807) is 31.2 Å². The molecule has 1 fully saturated rings. The molecule has 3 N–H and O–H groups in total. The van der Waals surface area contributed by atoms with Gasteiger partial charge in [-0.1, -0.05) is 35.9 Å². The Kier molecular flexibility index (Phi) is 8.97. The van der Waals surface area contributed by atoms with Crippen LogP contribution in [0.4, 0.5) is 5.69 Å². The molecular formula is C26H27ClN4O5. The van der Waals surface area contributed by atoms with E-state index in [2.05, 4.69) is 16.0 Å². The Labute approximate surface area is 213 Å². The van der Waals surface area contributed by atoms with Crippen LogP contribution in [0.15, 0.2) is 60.3 Å². The van der Waals surface area contributed by atoms with Gasteiger partial charge in [-0.15, -0.1) is 0 Å². The summed E-state index contributed by atoms with van der Waals surface area (Å²) in [6.45, 7) is 3.51. The first-order valence-corrected chi connectivity index (χ1v) is 11.7. The highest BCUT2D eigenvalue weighted by atomic mass is 35.5. The Hall–Kier alpha value is -3.98. The topological polar surface area (TPSA) is 125 Å². The zero-order chi connectivity index (χ0) is 26.2. The summed E-state index contributed by atoms with van der Waals surface area (Å²) in [5.41, 5.74) is 2.77. The number of amides is 5.